The van der Waals surface area contributed by atoms with Crippen molar-refractivity contribution in [2.75, 3.05) is 7.11 Å². The Labute approximate surface area is 258 Å². The molecule has 0 saturated heterocycles. The number of rotatable bonds is 4. The van der Waals surface area contributed by atoms with Gasteiger partial charge in [0.1, 0.15) is 5.76 Å². The highest BCUT2D eigenvalue weighted by atomic mass is 16.5. The minimum absolute atomic E-state index is 0.0118. The van der Waals surface area contributed by atoms with Crippen LogP contribution in [0.5, 0.6) is 0 Å². The molecule has 1 aromatic rings. The van der Waals surface area contributed by atoms with Crippen molar-refractivity contribution in [1.82, 2.24) is 5.32 Å². The van der Waals surface area contributed by atoms with Crippen LogP contribution in [0, 0.1) is 56.2 Å². The molecule has 236 valence electrons. The predicted molar refractivity (Wildman–Crippen MR) is 165 cm³/mol. The van der Waals surface area contributed by atoms with Crippen LogP contribution in [0.25, 0.3) is 0 Å². The number of ketones is 1. The van der Waals surface area contributed by atoms with Crippen LogP contribution < -0.4 is 5.32 Å². The van der Waals surface area contributed by atoms with Crippen LogP contribution in [0.15, 0.2) is 34.5 Å². The first kappa shape index (κ1) is 30.6. The molecular weight excluding hydrogens is 538 g/mol. The molecule has 0 aliphatic heterocycles. The SMILES string of the molecule is COC(=O)[C@]12CCC(C)(C)CC1C1=CCC3[C@@]4(C)CC(C(=O)NCc5ccco5)C(=O)C(C)(C)C4CC[C@@]3(C)[C@]1(C)CC2. The standard InChI is InChI=1S/C37H53NO5/c1-32(2)15-17-37(31(41)42-8)18-16-35(6)25(26(37)21-32)11-12-28-34(5)20-24(30(40)38-22-23-10-9-19-43-23)29(39)33(3,4)27(34)13-14-36(28,35)7/h9-11,19,24,26-28H,12-18,20-22H2,1-8H3,(H,38,40)/t24?,26?,27?,28?,34-,35+,36+,37-/m0/s1. The third-order valence-corrected chi connectivity index (χ3v) is 14.3. The molecule has 1 amide bonds. The van der Waals surface area contributed by atoms with Gasteiger partial charge in [-0.15, -0.1) is 0 Å². The molecule has 1 heterocycles. The number of carbonyl (C=O) groups excluding carboxylic acids is 3. The van der Waals surface area contributed by atoms with Gasteiger partial charge < -0.3 is 14.5 Å². The zero-order valence-corrected chi connectivity index (χ0v) is 27.7. The summed E-state index contributed by atoms with van der Waals surface area (Å²) < 4.78 is 11.0. The van der Waals surface area contributed by atoms with Gasteiger partial charge in [0, 0.05) is 5.41 Å². The lowest BCUT2D eigenvalue weighted by Crippen LogP contribution is -2.66. The van der Waals surface area contributed by atoms with E-state index in [1.807, 2.05) is 12.1 Å². The Bertz CT molecular complexity index is 1340. The van der Waals surface area contributed by atoms with Gasteiger partial charge in [-0.2, -0.15) is 0 Å². The van der Waals surface area contributed by atoms with Gasteiger partial charge in [0.2, 0.25) is 5.91 Å². The number of Topliss-reactive ketones (excluding diaryl/α,β-unsaturated/α-hetero) is 1. The molecule has 8 atom stereocenters. The van der Waals surface area contributed by atoms with Gasteiger partial charge in [0.15, 0.2) is 5.78 Å². The molecule has 0 radical (unpaired) electrons. The third kappa shape index (κ3) is 4.20. The first-order valence-electron chi connectivity index (χ1n) is 16.7. The number of ether oxygens (including phenoxy) is 1. The van der Waals surface area contributed by atoms with Gasteiger partial charge in [-0.3, -0.25) is 14.4 Å². The van der Waals surface area contributed by atoms with Gasteiger partial charge in [0.25, 0.3) is 0 Å². The summed E-state index contributed by atoms with van der Waals surface area (Å²) in [4.78, 5) is 41.2. The normalized spacial score (nSPS) is 42.8. The smallest absolute Gasteiger partial charge is 0.312 e. The van der Waals surface area contributed by atoms with E-state index in [4.69, 9.17) is 9.15 Å². The highest BCUT2D eigenvalue weighted by Crippen LogP contribution is 2.75. The molecule has 0 aromatic carbocycles. The monoisotopic (exact) mass is 591 g/mol. The zero-order valence-electron chi connectivity index (χ0n) is 27.7. The number of esters is 1. The minimum Gasteiger partial charge on any atom is -0.469 e. The zero-order chi connectivity index (χ0) is 31.2. The van der Waals surface area contributed by atoms with E-state index in [-0.39, 0.29) is 51.2 Å². The van der Waals surface area contributed by atoms with E-state index in [1.165, 1.54) is 5.57 Å². The number of furan rings is 1. The predicted octanol–water partition coefficient (Wildman–Crippen LogP) is 7.67. The molecule has 1 N–H and O–H groups in total. The number of amides is 1. The minimum atomic E-state index is -0.663. The molecule has 1 aromatic heterocycles. The molecule has 4 fully saturated rings. The largest absolute Gasteiger partial charge is 0.469 e. The second-order valence-corrected chi connectivity index (χ2v) is 17.0. The summed E-state index contributed by atoms with van der Waals surface area (Å²) in [6, 6.07) is 3.65. The Hall–Kier alpha value is -2.37. The number of nitrogens with one attached hydrogen (secondary N) is 1. The van der Waals surface area contributed by atoms with E-state index in [1.54, 1.807) is 13.4 Å². The van der Waals surface area contributed by atoms with Crippen molar-refractivity contribution in [3.8, 4) is 0 Å². The molecule has 6 rings (SSSR count). The van der Waals surface area contributed by atoms with Crippen molar-refractivity contribution < 1.29 is 23.5 Å². The summed E-state index contributed by atoms with van der Waals surface area (Å²) in [5.41, 5.74) is 0.497. The van der Waals surface area contributed by atoms with Gasteiger partial charge >= 0.3 is 5.97 Å². The lowest BCUT2D eigenvalue weighted by Gasteiger charge is -2.71. The van der Waals surface area contributed by atoms with Crippen LogP contribution in [0.3, 0.4) is 0 Å². The molecule has 0 spiro atoms. The van der Waals surface area contributed by atoms with Crippen LogP contribution >= 0.6 is 0 Å². The third-order valence-electron chi connectivity index (χ3n) is 14.3. The summed E-state index contributed by atoms with van der Waals surface area (Å²) in [6.45, 7) is 16.6. The number of hydrogen-bond acceptors (Lipinski definition) is 5. The summed E-state index contributed by atoms with van der Waals surface area (Å²) in [5, 5.41) is 3.02. The van der Waals surface area contributed by atoms with Crippen molar-refractivity contribution in [3.05, 3.63) is 35.8 Å². The lowest BCUT2D eigenvalue weighted by atomic mass is 9.33. The average molecular weight is 592 g/mol. The van der Waals surface area contributed by atoms with Gasteiger partial charge in [-0.05, 0) is 109 Å². The average Bonchev–Trinajstić information content (AvgIpc) is 3.47. The van der Waals surface area contributed by atoms with E-state index >= 15 is 0 Å². The number of allylic oxidation sites excluding steroid dienone is 2. The van der Waals surface area contributed by atoms with Crippen LogP contribution in [-0.2, 0) is 25.7 Å². The Balaban J connectivity index is 1.37. The molecule has 5 aliphatic carbocycles. The van der Waals surface area contributed by atoms with E-state index < -0.39 is 16.7 Å². The van der Waals surface area contributed by atoms with Crippen LogP contribution in [-0.4, -0.2) is 24.8 Å². The molecule has 5 aliphatic rings. The lowest BCUT2D eigenvalue weighted by molar-refractivity contribution is -0.196. The van der Waals surface area contributed by atoms with Crippen molar-refractivity contribution in [1.29, 1.82) is 0 Å². The molecule has 4 unspecified atom stereocenters. The Morgan fingerprint density at radius 2 is 1.70 bits per heavy atom. The second-order valence-electron chi connectivity index (χ2n) is 17.0. The number of fused-ring (bicyclic) bond motifs is 7. The van der Waals surface area contributed by atoms with Crippen molar-refractivity contribution >= 4 is 17.7 Å². The van der Waals surface area contributed by atoms with Gasteiger partial charge in [-0.1, -0.05) is 60.1 Å². The molecule has 4 saturated carbocycles. The molecule has 6 nitrogen and oxygen atoms in total. The quantitative estimate of drug-likeness (QED) is 0.221. The fourth-order valence-electron chi connectivity index (χ4n) is 11.7. The fourth-order valence-corrected chi connectivity index (χ4v) is 11.7. The maximum Gasteiger partial charge on any atom is 0.312 e. The Morgan fingerprint density at radius 3 is 2.37 bits per heavy atom. The van der Waals surface area contributed by atoms with E-state index in [0.29, 0.717) is 24.6 Å². The van der Waals surface area contributed by atoms with E-state index in [2.05, 4.69) is 59.9 Å². The van der Waals surface area contributed by atoms with Crippen molar-refractivity contribution in [2.45, 2.75) is 113 Å². The van der Waals surface area contributed by atoms with Crippen LogP contribution in [0.2, 0.25) is 0 Å². The highest BCUT2D eigenvalue weighted by molar-refractivity contribution is 6.04. The van der Waals surface area contributed by atoms with Gasteiger partial charge in [-0.25, -0.2) is 0 Å². The summed E-state index contributed by atoms with van der Waals surface area (Å²) in [7, 11) is 1.56. The highest BCUT2D eigenvalue weighted by Gasteiger charge is 2.70. The van der Waals surface area contributed by atoms with Crippen molar-refractivity contribution in [3.63, 3.8) is 0 Å². The maximum atomic E-state index is 14.0. The number of hydrogen-bond donors (Lipinski definition) is 1. The molecule has 43 heavy (non-hydrogen) atoms. The van der Waals surface area contributed by atoms with Gasteiger partial charge in [0.05, 0.1) is 31.3 Å². The Morgan fingerprint density at radius 1 is 0.977 bits per heavy atom. The topological polar surface area (TPSA) is 85.6 Å². The molecule has 0 bridgehead atoms. The van der Waals surface area contributed by atoms with Crippen LogP contribution in [0.4, 0.5) is 0 Å². The maximum absolute atomic E-state index is 14.0. The van der Waals surface area contributed by atoms with E-state index in [0.717, 1.165) is 51.4 Å². The Kier molecular flexibility index (Phi) is 6.99. The first-order valence-corrected chi connectivity index (χ1v) is 16.7. The summed E-state index contributed by atoms with van der Waals surface area (Å²) >= 11 is 0. The van der Waals surface area contributed by atoms with E-state index in [9.17, 15) is 14.4 Å². The number of carbonyl (C=O) groups is 3. The number of methoxy groups -OCH3 is 1. The van der Waals surface area contributed by atoms with Crippen molar-refractivity contribution in [2.24, 2.45) is 56.2 Å². The second kappa shape index (κ2) is 9.81. The summed E-state index contributed by atoms with van der Waals surface area (Å²) in [5.74, 6) is 0.694. The molecule has 6 heteroatoms. The van der Waals surface area contributed by atoms with Crippen LogP contribution in [0.1, 0.15) is 112 Å². The molecular formula is C37H53NO5. The first-order chi connectivity index (χ1) is 20.1. The summed E-state index contributed by atoms with van der Waals surface area (Å²) in [6.07, 6.45) is 12.5. The fraction of sp³-hybridized carbons (Fsp3) is 0.757.